The van der Waals surface area contributed by atoms with Gasteiger partial charge in [-0.25, -0.2) is 0 Å². The summed E-state index contributed by atoms with van der Waals surface area (Å²) in [5.74, 6) is 0. The molecule has 0 bridgehead atoms. The fraction of sp³-hybridized carbons (Fsp3) is 1.00. The van der Waals surface area contributed by atoms with Crippen LogP contribution in [0.2, 0.25) is 0 Å². The molecule has 1 unspecified atom stereocenters. The molecular formula is C14H30N2O. The fourth-order valence-corrected chi connectivity index (χ4v) is 2.30. The van der Waals surface area contributed by atoms with E-state index in [4.69, 9.17) is 4.74 Å². The predicted octanol–water partition coefficient (Wildman–Crippen LogP) is 2.27. The standard InChI is InChI=1S/C14H30N2O/c1-13(2)17-12-5-4-9-15-14-7-6-10-16(3)11-8-14/h13-15H,4-12H2,1-3H3. The molecule has 1 aliphatic rings. The van der Waals surface area contributed by atoms with Gasteiger partial charge in [-0.15, -0.1) is 0 Å². The molecule has 0 saturated carbocycles. The fourth-order valence-electron chi connectivity index (χ4n) is 2.30. The van der Waals surface area contributed by atoms with Crippen molar-refractivity contribution in [3.8, 4) is 0 Å². The molecule has 17 heavy (non-hydrogen) atoms. The van der Waals surface area contributed by atoms with Crippen molar-refractivity contribution in [3.63, 3.8) is 0 Å². The van der Waals surface area contributed by atoms with E-state index in [0.29, 0.717) is 6.10 Å². The van der Waals surface area contributed by atoms with Crippen LogP contribution in [0.4, 0.5) is 0 Å². The monoisotopic (exact) mass is 242 g/mol. The molecular weight excluding hydrogens is 212 g/mol. The molecule has 1 heterocycles. The topological polar surface area (TPSA) is 24.5 Å². The third-order valence-electron chi connectivity index (χ3n) is 3.41. The van der Waals surface area contributed by atoms with Gasteiger partial charge in [-0.3, -0.25) is 0 Å². The summed E-state index contributed by atoms with van der Waals surface area (Å²) < 4.78 is 5.53. The van der Waals surface area contributed by atoms with Crippen LogP contribution >= 0.6 is 0 Å². The summed E-state index contributed by atoms with van der Waals surface area (Å²) in [7, 11) is 2.23. The molecule has 0 aliphatic carbocycles. The molecule has 0 amide bonds. The van der Waals surface area contributed by atoms with Crippen LogP contribution in [0, 0.1) is 0 Å². The molecule has 0 spiro atoms. The second kappa shape index (κ2) is 8.90. The molecule has 0 radical (unpaired) electrons. The average Bonchev–Trinajstić information content (AvgIpc) is 2.48. The smallest absolute Gasteiger partial charge is 0.0518 e. The zero-order valence-corrected chi connectivity index (χ0v) is 11.9. The first-order valence-corrected chi connectivity index (χ1v) is 7.22. The van der Waals surface area contributed by atoms with E-state index in [-0.39, 0.29) is 0 Å². The SMILES string of the molecule is CC(C)OCCCCNC1CCCN(C)CC1. The molecule has 1 aliphatic heterocycles. The first-order valence-electron chi connectivity index (χ1n) is 7.22. The number of rotatable bonds is 7. The Morgan fingerprint density at radius 3 is 2.82 bits per heavy atom. The van der Waals surface area contributed by atoms with Gasteiger partial charge in [-0.2, -0.15) is 0 Å². The van der Waals surface area contributed by atoms with Crippen LogP contribution in [0.1, 0.15) is 46.0 Å². The first-order chi connectivity index (χ1) is 8.18. The van der Waals surface area contributed by atoms with Gasteiger partial charge in [-0.1, -0.05) is 0 Å². The van der Waals surface area contributed by atoms with E-state index >= 15 is 0 Å². The minimum atomic E-state index is 0.375. The Bertz CT molecular complexity index is 185. The van der Waals surface area contributed by atoms with E-state index in [1.54, 1.807) is 0 Å². The highest BCUT2D eigenvalue weighted by molar-refractivity contribution is 4.73. The quantitative estimate of drug-likeness (QED) is 0.693. The van der Waals surface area contributed by atoms with Crippen LogP contribution in [-0.2, 0) is 4.74 Å². The highest BCUT2D eigenvalue weighted by Crippen LogP contribution is 2.09. The molecule has 1 saturated heterocycles. The third-order valence-corrected chi connectivity index (χ3v) is 3.41. The van der Waals surface area contributed by atoms with Crippen LogP contribution in [0.3, 0.4) is 0 Å². The summed E-state index contributed by atoms with van der Waals surface area (Å²) in [5.41, 5.74) is 0. The minimum Gasteiger partial charge on any atom is -0.379 e. The predicted molar refractivity (Wildman–Crippen MR) is 73.5 cm³/mol. The molecule has 0 aromatic heterocycles. The summed E-state index contributed by atoms with van der Waals surface area (Å²) in [6.45, 7) is 8.76. The van der Waals surface area contributed by atoms with E-state index < -0.39 is 0 Å². The Morgan fingerprint density at radius 1 is 1.24 bits per heavy atom. The first kappa shape index (κ1) is 14.9. The molecule has 3 nitrogen and oxygen atoms in total. The van der Waals surface area contributed by atoms with Crippen molar-refractivity contribution in [2.45, 2.75) is 58.1 Å². The number of ether oxygens (including phenoxy) is 1. The summed E-state index contributed by atoms with van der Waals surface area (Å²) in [4.78, 5) is 2.44. The lowest BCUT2D eigenvalue weighted by Gasteiger charge is -2.16. The van der Waals surface area contributed by atoms with E-state index in [1.807, 2.05) is 0 Å². The Morgan fingerprint density at radius 2 is 2.06 bits per heavy atom. The molecule has 1 fully saturated rings. The highest BCUT2D eigenvalue weighted by Gasteiger charge is 2.13. The number of hydrogen-bond acceptors (Lipinski definition) is 3. The third kappa shape index (κ3) is 7.74. The molecule has 3 heteroatoms. The number of nitrogens with zero attached hydrogens (tertiary/aromatic N) is 1. The lowest BCUT2D eigenvalue weighted by Crippen LogP contribution is -2.31. The van der Waals surface area contributed by atoms with Crippen LogP contribution in [0.25, 0.3) is 0 Å². The summed E-state index contributed by atoms with van der Waals surface area (Å²) in [6, 6.07) is 0.742. The number of likely N-dealkylation sites (tertiary alicyclic amines) is 1. The van der Waals surface area contributed by atoms with Crippen LogP contribution in [-0.4, -0.2) is 50.3 Å². The maximum Gasteiger partial charge on any atom is 0.0518 e. The Labute approximate surface area is 107 Å². The normalized spacial score (nSPS) is 22.9. The van der Waals surface area contributed by atoms with Gasteiger partial charge in [0.1, 0.15) is 0 Å². The summed E-state index contributed by atoms with van der Waals surface area (Å²) in [6.07, 6.45) is 6.77. The molecule has 1 rings (SSSR count). The van der Waals surface area contributed by atoms with Crippen molar-refractivity contribution in [3.05, 3.63) is 0 Å². The lowest BCUT2D eigenvalue weighted by molar-refractivity contribution is 0.0759. The average molecular weight is 242 g/mol. The van der Waals surface area contributed by atoms with Crippen LogP contribution in [0.15, 0.2) is 0 Å². The zero-order valence-electron chi connectivity index (χ0n) is 11.9. The van der Waals surface area contributed by atoms with Crippen molar-refractivity contribution in [2.75, 3.05) is 33.3 Å². The second-order valence-corrected chi connectivity index (χ2v) is 5.51. The Kier molecular flexibility index (Phi) is 7.82. The van der Waals surface area contributed by atoms with Gasteiger partial charge in [-0.05, 0) is 72.6 Å². The minimum absolute atomic E-state index is 0.375. The van der Waals surface area contributed by atoms with Gasteiger partial charge in [0, 0.05) is 12.6 Å². The molecule has 1 atom stereocenters. The highest BCUT2D eigenvalue weighted by atomic mass is 16.5. The number of unbranched alkanes of at least 4 members (excludes halogenated alkanes) is 1. The van der Waals surface area contributed by atoms with Crippen molar-refractivity contribution < 1.29 is 4.74 Å². The number of nitrogens with one attached hydrogen (secondary N) is 1. The maximum absolute atomic E-state index is 5.53. The van der Waals surface area contributed by atoms with Gasteiger partial charge in [0.2, 0.25) is 0 Å². The zero-order chi connectivity index (χ0) is 12.5. The van der Waals surface area contributed by atoms with Gasteiger partial charge >= 0.3 is 0 Å². The lowest BCUT2D eigenvalue weighted by atomic mass is 10.1. The van der Waals surface area contributed by atoms with E-state index in [1.165, 1.54) is 45.2 Å². The molecule has 0 aromatic carbocycles. The van der Waals surface area contributed by atoms with Gasteiger partial charge in [0.25, 0.3) is 0 Å². The van der Waals surface area contributed by atoms with Crippen molar-refractivity contribution in [2.24, 2.45) is 0 Å². The Balaban J connectivity index is 1.95. The second-order valence-electron chi connectivity index (χ2n) is 5.51. The van der Waals surface area contributed by atoms with Crippen molar-refractivity contribution >= 4 is 0 Å². The number of hydrogen-bond donors (Lipinski definition) is 1. The van der Waals surface area contributed by atoms with Crippen molar-refractivity contribution in [1.29, 1.82) is 0 Å². The van der Waals surface area contributed by atoms with Crippen molar-refractivity contribution in [1.82, 2.24) is 10.2 Å². The summed E-state index contributed by atoms with van der Waals surface area (Å²) >= 11 is 0. The van der Waals surface area contributed by atoms with Crippen LogP contribution < -0.4 is 5.32 Å². The Hall–Kier alpha value is -0.120. The summed E-state index contributed by atoms with van der Waals surface area (Å²) in [5, 5.41) is 3.69. The van der Waals surface area contributed by atoms with Gasteiger partial charge < -0.3 is 15.0 Å². The van der Waals surface area contributed by atoms with E-state index in [0.717, 1.165) is 19.2 Å². The van der Waals surface area contributed by atoms with Gasteiger partial charge in [0.05, 0.1) is 6.10 Å². The molecule has 1 N–H and O–H groups in total. The van der Waals surface area contributed by atoms with Gasteiger partial charge in [0.15, 0.2) is 0 Å². The van der Waals surface area contributed by atoms with Crippen LogP contribution in [0.5, 0.6) is 0 Å². The molecule has 0 aromatic rings. The van der Waals surface area contributed by atoms with E-state index in [9.17, 15) is 0 Å². The van der Waals surface area contributed by atoms with E-state index in [2.05, 4.69) is 31.1 Å². The largest absolute Gasteiger partial charge is 0.379 e. The molecule has 102 valence electrons. The maximum atomic E-state index is 5.53.